The molecule has 0 saturated heterocycles. The molecular weight excluding hydrogens is 298 g/mol. The second-order valence-corrected chi connectivity index (χ2v) is 4.36. The van der Waals surface area contributed by atoms with Crippen molar-refractivity contribution >= 4 is 34.8 Å². The maximum Gasteiger partial charge on any atom is 0.164 e. The minimum Gasteiger partial charge on any atom is -0.490 e. The molecule has 6 heteroatoms. The largest absolute Gasteiger partial charge is 0.490 e. The van der Waals surface area contributed by atoms with Gasteiger partial charge in [-0.05, 0) is 20.8 Å². The first kappa shape index (κ1) is 15.5. The number of hydrogen-bond donors (Lipinski definition) is 0. The molecule has 0 amide bonds. The van der Waals surface area contributed by atoms with E-state index in [0.717, 1.165) is 0 Å². The lowest BCUT2D eigenvalue weighted by molar-refractivity contribution is 0.308. The lowest BCUT2D eigenvalue weighted by Gasteiger charge is -2.18. The maximum absolute atomic E-state index is 6.17. The summed E-state index contributed by atoms with van der Waals surface area (Å²) in [4.78, 5) is 0. The Balaban J connectivity index is 3.42. The number of hydrogen-bond acceptors (Lipinski definition) is 3. The molecule has 0 aliphatic carbocycles. The Hall–Kier alpha value is -0.510. The molecule has 0 radical (unpaired) electrons. The fraction of sp³-hybridized carbons (Fsp3) is 0.500. The first-order valence-electron chi connectivity index (χ1n) is 5.67. The Morgan fingerprint density at radius 3 is 1.00 bits per heavy atom. The smallest absolute Gasteiger partial charge is 0.164 e. The Bertz CT molecular complexity index is 339. The monoisotopic (exact) mass is 312 g/mol. The van der Waals surface area contributed by atoms with Crippen LogP contribution in [0.5, 0.6) is 17.2 Å². The summed E-state index contributed by atoms with van der Waals surface area (Å²) in [7, 11) is 0. The molecule has 0 aliphatic heterocycles. The summed E-state index contributed by atoms with van der Waals surface area (Å²) < 4.78 is 16.2. The summed E-state index contributed by atoms with van der Waals surface area (Å²) in [5, 5.41) is 0.784. The summed E-state index contributed by atoms with van der Waals surface area (Å²) in [6.45, 7) is 6.79. The van der Waals surface area contributed by atoms with E-state index in [1.807, 2.05) is 20.8 Å². The van der Waals surface area contributed by atoms with Crippen LogP contribution in [0.2, 0.25) is 15.1 Å². The van der Waals surface area contributed by atoms with E-state index in [-0.39, 0.29) is 15.1 Å². The molecular formula is C12H15Cl3O3. The van der Waals surface area contributed by atoms with Gasteiger partial charge in [-0.15, -0.1) is 0 Å². The van der Waals surface area contributed by atoms with Gasteiger partial charge in [-0.25, -0.2) is 0 Å². The topological polar surface area (TPSA) is 27.7 Å². The van der Waals surface area contributed by atoms with Crippen LogP contribution >= 0.6 is 34.8 Å². The molecule has 102 valence electrons. The molecule has 0 atom stereocenters. The van der Waals surface area contributed by atoms with E-state index in [9.17, 15) is 0 Å². The highest BCUT2D eigenvalue weighted by Gasteiger charge is 2.24. The van der Waals surface area contributed by atoms with Crippen LogP contribution in [-0.4, -0.2) is 19.8 Å². The minimum atomic E-state index is 0.261. The van der Waals surface area contributed by atoms with Crippen molar-refractivity contribution < 1.29 is 14.2 Å². The number of ether oxygens (including phenoxy) is 3. The third-order valence-electron chi connectivity index (χ3n) is 2.06. The zero-order valence-corrected chi connectivity index (χ0v) is 12.7. The molecule has 1 rings (SSSR count). The molecule has 0 aromatic heterocycles. The quantitative estimate of drug-likeness (QED) is 0.752. The van der Waals surface area contributed by atoms with Crippen molar-refractivity contribution in [3.63, 3.8) is 0 Å². The lowest BCUT2D eigenvalue weighted by Crippen LogP contribution is -2.02. The van der Waals surface area contributed by atoms with Crippen molar-refractivity contribution in [3.8, 4) is 17.2 Å². The van der Waals surface area contributed by atoms with Crippen LogP contribution in [0, 0.1) is 0 Å². The fourth-order valence-electron chi connectivity index (χ4n) is 1.41. The van der Waals surface area contributed by atoms with Crippen LogP contribution in [0.4, 0.5) is 0 Å². The molecule has 0 heterocycles. The van der Waals surface area contributed by atoms with Gasteiger partial charge < -0.3 is 14.2 Å². The highest BCUT2D eigenvalue weighted by molar-refractivity contribution is 6.43. The first-order valence-corrected chi connectivity index (χ1v) is 6.80. The van der Waals surface area contributed by atoms with Gasteiger partial charge >= 0.3 is 0 Å². The van der Waals surface area contributed by atoms with Crippen molar-refractivity contribution in [1.29, 1.82) is 0 Å². The van der Waals surface area contributed by atoms with Crippen molar-refractivity contribution in [2.24, 2.45) is 0 Å². The van der Waals surface area contributed by atoms with Gasteiger partial charge in [0.1, 0.15) is 15.1 Å². The van der Waals surface area contributed by atoms with Crippen molar-refractivity contribution in [1.82, 2.24) is 0 Å². The third-order valence-corrected chi connectivity index (χ3v) is 3.09. The SMILES string of the molecule is CCOc1c(Cl)c(OCC)c(Cl)c(OCC)c1Cl. The fourth-order valence-corrected chi connectivity index (χ4v) is 2.45. The highest BCUT2D eigenvalue weighted by Crippen LogP contribution is 2.51. The van der Waals surface area contributed by atoms with E-state index in [0.29, 0.717) is 37.1 Å². The zero-order chi connectivity index (χ0) is 13.7. The van der Waals surface area contributed by atoms with E-state index in [1.54, 1.807) is 0 Å². The van der Waals surface area contributed by atoms with Gasteiger partial charge in [-0.1, -0.05) is 34.8 Å². The zero-order valence-electron chi connectivity index (χ0n) is 10.5. The second kappa shape index (κ2) is 7.17. The average Bonchev–Trinajstić information content (AvgIpc) is 2.35. The summed E-state index contributed by atoms with van der Waals surface area (Å²) in [5.41, 5.74) is 0. The van der Waals surface area contributed by atoms with E-state index in [4.69, 9.17) is 49.0 Å². The molecule has 1 aromatic rings. The van der Waals surface area contributed by atoms with E-state index < -0.39 is 0 Å². The van der Waals surface area contributed by atoms with Gasteiger partial charge in [0.15, 0.2) is 17.2 Å². The molecule has 0 saturated carbocycles. The van der Waals surface area contributed by atoms with Gasteiger partial charge in [-0.3, -0.25) is 0 Å². The normalized spacial score (nSPS) is 10.3. The minimum absolute atomic E-state index is 0.261. The highest BCUT2D eigenvalue weighted by atomic mass is 35.5. The van der Waals surface area contributed by atoms with E-state index in [1.165, 1.54) is 0 Å². The molecule has 1 aromatic carbocycles. The van der Waals surface area contributed by atoms with Crippen LogP contribution < -0.4 is 14.2 Å². The van der Waals surface area contributed by atoms with Crippen molar-refractivity contribution in [2.45, 2.75) is 20.8 Å². The van der Waals surface area contributed by atoms with Gasteiger partial charge in [0.2, 0.25) is 0 Å². The van der Waals surface area contributed by atoms with Crippen LogP contribution in [0.15, 0.2) is 0 Å². The summed E-state index contributed by atoms with van der Waals surface area (Å²) in [5.74, 6) is 0.992. The van der Waals surface area contributed by atoms with Gasteiger partial charge in [0.25, 0.3) is 0 Å². The third kappa shape index (κ3) is 3.08. The molecule has 0 N–H and O–H groups in total. The van der Waals surface area contributed by atoms with Crippen LogP contribution in [0.1, 0.15) is 20.8 Å². The number of halogens is 3. The predicted octanol–water partition coefficient (Wildman–Crippen LogP) is 4.84. The molecule has 3 nitrogen and oxygen atoms in total. The van der Waals surface area contributed by atoms with Crippen molar-refractivity contribution in [3.05, 3.63) is 15.1 Å². The van der Waals surface area contributed by atoms with Crippen molar-refractivity contribution in [2.75, 3.05) is 19.8 Å². The standard InChI is InChI=1S/C12H15Cl3O3/c1-4-16-10-7(13)11(17-5-2)9(15)12(8(10)14)18-6-3/h4-6H2,1-3H3. The van der Waals surface area contributed by atoms with E-state index >= 15 is 0 Å². The molecule has 18 heavy (non-hydrogen) atoms. The van der Waals surface area contributed by atoms with Crippen LogP contribution in [0.3, 0.4) is 0 Å². The summed E-state index contributed by atoms with van der Waals surface area (Å²) in [6, 6.07) is 0. The predicted molar refractivity (Wildman–Crippen MR) is 75.0 cm³/mol. The number of benzene rings is 1. The van der Waals surface area contributed by atoms with Gasteiger partial charge in [-0.2, -0.15) is 0 Å². The maximum atomic E-state index is 6.17. The van der Waals surface area contributed by atoms with E-state index in [2.05, 4.69) is 0 Å². The van der Waals surface area contributed by atoms with Gasteiger partial charge in [0.05, 0.1) is 19.8 Å². The van der Waals surface area contributed by atoms with Gasteiger partial charge in [0, 0.05) is 0 Å². The Morgan fingerprint density at radius 1 is 0.611 bits per heavy atom. The molecule has 0 fully saturated rings. The first-order chi connectivity index (χ1) is 8.58. The average molecular weight is 314 g/mol. The second-order valence-electron chi connectivity index (χ2n) is 3.23. The Morgan fingerprint density at radius 2 is 0.833 bits per heavy atom. The summed E-state index contributed by atoms with van der Waals surface area (Å²) >= 11 is 18.5. The summed E-state index contributed by atoms with van der Waals surface area (Å²) in [6.07, 6.45) is 0. The van der Waals surface area contributed by atoms with Crippen LogP contribution in [0.25, 0.3) is 0 Å². The Kier molecular flexibility index (Phi) is 6.19. The molecule has 0 bridgehead atoms. The lowest BCUT2D eigenvalue weighted by atomic mass is 10.3. The molecule has 0 unspecified atom stereocenters. The Labute approximate surface area is 122 Å². The molecule has 0 aliphatic rings. The number of rotatable bonds is 6. The van der Waals surface area contributed by atoms with Crippen LogP contribution in [-0.2, 0) is 0 Å². The molecule has 0 spiro atoms.